The first kappa shape index (κ1) is 28.4. The highest BCUT2D eigenvalue weighted by atomic mass is 15.1. The van der Waals surface area contributed by atoms with Gasteiger partial charge in [-0.1, -0.05) is 78.9 Å². The molecule has 0 radical (unpaired) electrons. The first-order valence-electron chi connectivity index (χ1n) is 15.3. The third-order valence-electron chi connectivity index (χ3n) is 7.60. The van der Waals surface area contributed by atoms with Gasteiger partial charge >= 0.3 is 0 Å². The quantitative estimate of drug-likeness (QED) is 0.165. The molecule has 7 aromatic rings. The Balaban J connectivity index is 1.06. The van der Waals surface area contributed by atoms with Crippen LogP contribution in [-0.4, -0.2) is 4.98 Å². The molecular weight excluding hydrogens is 562 g/mol. The predicted molar refractivity (Wildman–Crippen MR) is 193 cm³/mol. The van der Waals surface area contributed by atoms with Crippen molar-refractivity contribution >= 4 is 57.1 Å². The number of pyridine rings is 1. The highest BCUT2D eigenvalue weighted by molar-refractivity contribution is 5.79. The van der Waals surface area contributed by atoms with E-state index in [0.717, 1.165) is 57.1 Å². The molecule has 0 unspecified atom stereocenters. The number of para-hydroxylation sites is 4. The summed E-state index contributed by atoms with van der Waals surface area (Å²) >= 11 is 0. The van der Waals surface area contributed by atoms with Crippen LogP contribution in [0.5, 0.6) is 0 Å². The van der Waals surface area contributed by atoms with Gasteiger partial charge in [0.2, 0.25) is 0 Å². The van der Waals surface area contributed by atoms with E-state index in [-0.39, 0.29) is 0 Å². The van der Waals surface area contributed by atoms with Crippen molar-refractivity contribution in [2.45, 2.75) is 0 Å². The lowest BCUT2D eigenvalue weighted by Crippen LogP contribution is -2.09. The van der Waals surface area contributed by atoms with Crippen LogP contribution in [0.3, 0.4) is 0 Å². The van der Waals surface area contributed by atoms with Crippen molar-refractivity contribution in [2.24, 2.45) is 0 Å². The molecule has 1 heterocycles. The van der Waals surface area contributed by atoms with Crippen molar-refractivity contribution < 1.29 is 0 Å². The number of nitrogens with one attached hydrogen (secondary N) is 2. The van der Waals surface area contributed by atoms with Gasteiger partial charge in [0.05, 0.1) is 0 Å². The lowest BCUT2D eigenvalue weighted by molar-refractivity contribution is 1.27. The average molecular weight is 596 g/mol. The Labute approximate surface area is 270 Å². The molecule has 5 nitrogen and oxygen atoms in total. The minimum atomic E-state index is 0.761. The van der Waals surface area contributed by atoms with Gasteiger partial charge in [0, 0.05) is 45.5 Å². The fourth-order valence-electron chi connectivity index (χ4n) is 5.46. The maximum Gasteiger partial charge on any atom is 0.132 e. The normalized spacial score (nSPS) is 10.6. The third-order valence-corrected chi connectivity index (χ3v) is 7.60. The molecule has 0 bridgehead atoms. The van der Waals surface area contributed by atoms with Gasteiger partial charge in [-0.25, -0.2) is 4.98 Å². The monoisotopic (exact) mass is 595 g/mol. The van der Waals surface area contributed by atoms with Crippen LogP contribution in [-0.2, 0) is 0 Å². The highest BCUT2D eigenvalue weighted by Crippen LogP contribution is 2.36. The van der Waals surface area contributed by atoms with Crippen LogP contribution in [0.2, 0.25) is 0 Å². The van der Waals surface area contributed by atoms with Crippen LogP contribution in [0.1, 0.15) is 0 Å². The van der Waals surface area contributed by atoms with E-state index in [9.17, 15) is 0 Å². The number of rotatable bonds is 10. The zero-order chi connectivity index (χ0) is 31.0. The van der Waals surface area contributed by atoms with Crippen LogP contribution in [0, 0.1) is 0 Å². The summed E-state index contributed by atoms with van der Waals surface area (Å²) in [4.78, 5) is 9.32. The Morgan fingerprint density at radius 3 is 0.870 bits per heavy atom. The molecule has 222 valence electrons. The van der Waals surface area contributed by atoms with E-state index < -0.39 is 0 Å². The Bertz CT molecular complexity index is 1740. The molecule has 0 aliphatic heterocycles. The van der Waals surface area contributed by atoms with E-state index in [1.807, 2.05) is 42.5 Å². The topological polar surface area (TPSA) is 43.4 Å². The second-order valence-corrected chi connectivity index (χ2v) is 10.8. The molecule has 0 fully saturated rings. The van der Waals surface area contributed by atoms with Crippen molar-refractivity contribution in [3.63, 3.8) is 0 Å². The minimum absolute atomic E-state index is 0.761. The van der Waals surface area contributed by atoms with Crippen LogP contribution >= 0.6 is 0 Å². The van der Waals surface area contributed by atoms with E-state index in [1.165, 1.54) is 0 Å². The molecule has 46 heavy (non-hydrogen) atoms. The molecule has 0 amide bonds. The second-order valence-electron chi connectivity index (χ2n) is 10.8. The average Bonchev–Trinajstić information content (AvgIpc) is 3.12. The van der Waals surface area contributed by atoms with Crippen molar-refractivity contribution in [3.05, 3.63) is 188 Å². The predicted octanol–water partition coefficient (Wildman–Crippen LogP) is 11.5. The highest BCUT2D eigenvalue weighted by Gasteiger charge is 2.13. The summed E-state index contributed by atoms with van der Waals surface area (Å²) in [5.41, 5.74) is 8.50. The van der Waals surface area contributed by atoms with Crippen LogP contribution in [0.25, 0.3) is 0 Å². The number of benzene rings is 6. The first-order valence-corrected chi connectivity index (χ1v) is 15.3. The van der Waals surface area contributed by atoms with Gasteiger partial charge in [-0.15, -0.1) is 0 Å². The number of hydrogen-bond acceptors (Lipinski definition) is 5. The molecule has 0 saturated heterocycles. The summed E-state index contributed by atoms with van der Waals surface area (Å²) in [6.07, 6.45) is 0. The minimum Gasteiger partial charge on any atom is -0.340 e. The number of nitrogens with zero attached hydrogens (tertiary/aromatic N) is 3. The van der Waals surface area contributed by atoms with E-state index in [0.29, 0.717) is 0 Å². The van der Waals surface area contributed by atoms with E-state index >= 15 is 0 Å². The molecule has 0 saturated carbocycles. The van der Waals surface area contributed by atoms with Gasteiger partial charge in [-0.3, -0.25) is 0 Å². The molecular formula is C41H33N5. The van der Waals surface area contributed by atoms with Crippen LogP contribution < -0.4 is 20.4 Å². The SMILES string of the molecule is c1ccc(N(c2ccccc2)c2ccc(Nc3cccc(Nc4ccc(N(c5ccccc5)c5ccccc5)cc4)n3)cc2)cc1. The molecule has 6 aromatic carbocycles. The third kappa shape index (κ3) is 6.59. The molecule has 0 aliphatic rings. The smallest absolute Gasteiger partial charge is 0.132 e. The van der Waals surface area contributed by atoms with Gasteiger partial charge in [0.1, 0.15) is 11.6 Å². The number of aromatic nitrogens is 1. The lowest BCUT2D eigenvalue weighted by atomic mass is 10.2. The fourth-order valence-corrected chi connectivity index (χ4v) is 5.46. The molecule has 5 heteroatoms. The second kappa shape index (κ2) is 13.5. The summed E-state index contributed by atoms with van der Waals surface area (Å²) in [6, 6.07) is 64.4. The van der Waals surface area contributed by atoms with Gasteiger partial charge in [0.15, 0.2) is 0 Å². The van der Waals surface area contributed by atoms with Crippen molar-refractivity contribution in [1.82, 2.24) is 4.98 Å². The van der Waals surface area contributed by atoms with Crippen LogP contribution in [0.4, 0.5) is 57.1 Å². The summed E-state index contributed by atoms with van der Waals surface area (Å²) < 4.78 is 0. The molecule has 1 aromatic heterocycles. The zero-order valence-electron chi connectivity index (χ0n) is 25.2. The molecule has 0 aliphatic carbocycles. The van der Waals surface area contributed by atoms with E-state index in [4.69, 9.17) is 4.98 Å². The number of anilines is 10. The fraction of sp³-hybridized carbons (Fsp3) is 0. The van der Waals surface area contributed by atoms with Gasteiger partial charge in [0.25, 0.3) is 0 Å². The van der Waals surface area contributed by atoms with Crippen molar-refractivity contribution in [1.29, 1.82) is 0 Å². The maximum atomic E-state index is 4.83. The first-order chi connectivity index (χ1) is 22.8. The van der Waals surface area contributed by atoms with Crippen molar-refractivity contribution in [3.8, 4) is 0 Å². The van der Waals surface area contributed by atoms with E-state index in [1.54, 1.807) is 0 Å². The Kier molecular flexibility index (Phi) is 8.37. The molecule has 7 rings (SSSR count). The van der Waals surface area contributed by atoms with Gasteiger partial charge in [-0.05, 0) is 109 Å². The summed E-state index contributed by atoms with van der Waals surface area (Å²) in [5.74, 6) is 1.52. The molecule has 0 spiro atoms. The van der Waals surface area contributed by atoms with Crippen molar-refractivity contribution in [2.75, 3.05) is 20.4 Å². The zero-order valence-corrected chi connectivity index (χ0v) is 25.2. The summed E-state index contributed by atoms with van der Waals surface area (Å²) in [7, 11) is 0. The van der Waals surface area contributed by atoms with Gasteiger partial charge < -0.3 is 20.4 Å². The Hall–Kier alpha value is -6.33. The Morgan fingerprint density at radius 1 is 0.283 bits per heavy atom. The summed E-state index contributed by atoms with van der Waals surface area (Å²) in [6.45, 7) is 0. The van der Waals surface area contributed by atoms with Gasteiger partial charge in [-0.2, -0.15) is 0 Å². The molecule has 2 N–H and O–H groups in total. The Morgan fingerprint density at radius 2 is 0.565 bits per heavy atom. The molecule has 0 atom stereocenters. The lowest BCUT2D eigenvalue weighted by Gasteiger charge is -2.25. The largest absolute Gasteiger partial charge is 0.340 e. The standard InChI is InChI=1S/C41H33N5/c1-5-14-34(15-6-1)45(35-16-7-2-8-17-35)38-28-24-32(25-29-38)42-40-22-13-23-41(44-40)43-33-26-30-39(31-27-33)46(36-18-9-3-10-19-36)37-20-11-4-12-21-37/h1-31H,(H2,42,43,44). The number of hydrogen-bond donors (Lipinski definition) is 2. The summed E-state index contributed by atoms with van der Waals surface area (Å²) in [5, 5.41) is 6.92. The van der Waals surface area contributed by atoms with Crippen LogP contribution in [0.15, 0.2) is 188 Å². The van der Waals surface area contributed by atoms with E-state index in [2.05, 4.69) is 166 Å². The maximum absolute atomic E-state index is 4.83.